The van der Waals surface area contributed by atoms with Crippen molar-refractivity contribution >= 4 is 11.9 Å². The van der Waals surface area contributed by atoms with Crippen molar-refractivity contribution in [1.82, 2.24) is 0 Å². The molecule has 0 amide bonds. The number of esters is 2. The number of hydrogen-bond acceptors (Lipinski definition) is 4. The van der Waals surface area contributed by atoms with Crippen LogP contribution in [0.25, 0.3) is 0 Å². The first-order valence-corrected chi connectivity index (χ1v) is 4.80. The molecule has 0 aromatic heterocycles. The van der Waals surface area contributed by atoms with Crippen molar-refractivity contribution in [3.05, 3.63) is 24.8 Å². The van der Waals surface area contributed by atoms with Crippen LogP contribution in [0.15, 0.2) is 24.8 Å². The van der Waals surface area contributed by atoms with Gasteiger partial charge >= 0.3 is 11.9 Å². The molecular formula is C11H16O4. The molecule has 4 heteroatoms. The highest BCUT2D eigenvalue weighted by Gasteiger charge is 1.97. The van der Waals surface area contributed by atoms with Crippen molar-refractivity contribution in [2.24, 2.45) is 0 Å². The molecular weight excluding hydrogens is 196 g/mol. The Morgan fingerprint density at radius 1 is 1.20 bits per heavy atom. The summed E-state index contributed by atoms with van der Waals surface area (Å²) in [7, 11) is 0. The van der Waals surface area contributed by atoms with Crippen LogP contribution in [0.4, 0.5) is 0 Å². The van der Waals surface area contributed by atoms with Crippen molar-refractivity contribution in [2.45, 2.75) is 19.8 Å². The van der Waals surface area contributed by atoms with E-state index in [0.29, 0.717) is 6.42 Å². The van der Waals surface area contributed by atoms with Gasteiger partial charge in [-0.05, 0) is 18.6 Å². The average Bonchev–Trinajstić information content (AvgIpc) is 2.23. The van der Waals surface area contributed by atoms with Crippen molar-refractivity contribution in [3.8, 4) is 0 Å². The van der Waals surface area contributed by atoms with Gasteiger partial charge in [-0.2, -0.15) is 0 Å². The molecule has 84 valence electrons. The molecule has 0 aromatic rings. The Kier molecular flexibility index (Phi) is 8.05. The molecule has 0 bridgehead atoms. The minimum absolute atomic E-state index is 0.163. The Morgan fingerprint density at radius 3 is 2.33 bits per heavy atom. The van der Waals surface area contributed by atoms with Crippen LogP contribution in [0.2, 0.25) is 0 Å². The van der Waals surface area contributed by atoms with Gasteiger partial charge in [0.1, 0.15) is 13.2 Å². The lowest BCUT2D eigenvalue weighted by atomic mass is 10.3. The fourth-order valence-corrected chi connectivity index (χ4v) is 0.743. The van der Waals surface area contributed by atoms with Crippen molar-refractivity contribution < 1.29 is 19.1 Å². The summed E-state index contributed by atoms with van der Waals surface area (Å²) in [5.41, 5.74) is 0. The summed E-state index contributed by atoms with van der Waals surface area (Å²) in [6.45, 7) is 5.54. The summed E-state index contributed by atoms with van der Waals surface area (Å²) in [6, 6.07) is 0. The minimum atomic E-state index is -0.470. The molecule has 0 aliphatic heterocycles. The zero-order valence-corrected chi connectivity index (χ0v) is 8.90. The molecule has 0 aromatic carbocycles. The monoisotopic (exact) mass is 212 g/mol. The van der Waals surface area contributed by atoms with E-state index >= 15 is 0 Å². The van der Waals surface area contributed by atoms with Gasteiger partial charge in [-0.15, -0.1) is 0 Å². The van der Waals surface area contributed by atoms with Gasteiger partial charge in [-0.25, -0.2) is 4.79 Å². The van der Waals surface area contributed by atoms with Crippen molar-refractivity contribution in [2.75, 3.05) is 13.2 Å². The van der Waals surface area contributed by atoms with E-state index in [-0.39, 0.29) is 19.2 Å². The van der Waals surface area contributed by atoms with Gasteiger partial charge in [0.15, 0.2) is 0 Å². The van der Waals surface area contributed by atoms with E-state index in [9.17, 15) is 9.59 Å². The lowest BCUT2D eigenvalue weighted by Gasteiger charge is -1.99. The maximum atomic E-state index is 10.9. The first-order valence-electron chi connectivity index (χ1n) is 4.80. The Balaban J connectivity index is 3.42. The van der Waals surface area contributed by atoms with Crippen LogP contribution < -0.4 is 0 Å². The number of carbonyl (C=O) groups excluding carboxylic acids is 2. The van der Waals surface area contributed by atoms with Crippen LogP contribution in [-0.2, 0) is 19.1 Å². The summed E-state index contributed by atoms with van der Waals surface area (Å²) in [5.74, 6) is -0.687. The molecule has 0 heterocycles. The van der Waals surface area contributed by atoms with Gasteiger partial charge in [-0.1, -0.05) is 13.5 Å². The van der Waals surface area contributed by atoms with Gasteiger partial charge in [0, 0.05) is 12.5 Å². The predicted octanol–water partition coefficient (Wildman–Crippen LogP) is 1.62. The van der Waals surface area contributed by atoms with Crippen LogP contribution in [-0.4, -0.2) is 25.2 Å². The van der Waals surface area contributed by atoms with E-state index in [1.54, 1.807) is 12.2 Å². The first-order chi connectivity index (χ1) is 7.20. The second kappa shape index (κ2) is 8.99. The third kappa shape index (κ3) is 8.74. The van der Waals surface area contributed by atoms with Crippen LogP contribution in [0.3, 0.4) is 0 Å². The number of hydrogen-bond donors (Lipinski definition) is 0. The number of carbonyl (C=O) groups is 2. The molecule has 0 atom stereocenters. The summed E-state index contributed by atoms with van der Waals surface area (Å²) in [4.78, 5) is 21.5. The molecule has 0 saturated carbocycles. The van der Waals surface area contributed by atoms with Crippen LogP contribution in [0.1, 0.15) is 19.8 Å². The Hall–Kier alpha value is -1.58. The Labute approximate surface area is 89.6 Å². The van der Waals surface area contributed by atoms with Gasteiger partial charge < -0.3 is 9.47 Å². The third-order valence-corrected chi connectivity index (χ3v) is 1.45. The van der Waals surface area contributed by atoms with E-state index < -0.39 is 5.97 Å². The van der Waals surface area contributed by atoms with Crippen LogP contribution in [0.5, 0.6) is 0 Å². The summed E-state index contributed by atoms with van der Waals surface area (Å²) in [5, 5.41) is 0. The Bertz CT molecular complexity index is 243. The summed E-state index contributed by atoms with van der Waals surface area (Å²) in [6.07, 6.45) is 5.54. The normalized spacial score (nSPS) is 9.93. The van der Waals surface area contributed by atoms with Crippen LogP contribution >= 0.6 is 0 Å². The van der Waals surface area contributed by atoms with Crippen molar-refractivity contribution in [1.29, 1.82) is 0 Å². The molecule has 4 nitrogen and oxygen atoms in total. The molecule has 0 rings (SSSR count). The first kappa shape index (κ1) is 13.4. The molecule has 0 N–H and O–H groups in total. The standard InChI is InChI=1S/C11H16O4/c1-3-7-11(13)15-9-6-5-8-14-10(12)4-2/h4-6H,2-3,7-9H2,1H3/b6-5-. The average molecular weight is 212 g/mol. The minimum Gasteiger partial charge on any atom is -0.461 e. The maximum Gasteiger partial charge on any atom is 0.330 e. The van der Waals surface area contributed by atoms with E-state index in [0.717, 1.165) is 12.5 Å². The second-order valence-electron chi connectivity index (χ2n) is 2.74. The smallest absolute Gasteiger partial charge is 0.330 e. The van der Waals surface area contributed by atoms with Crippen LogP contribution in [0, 0.1) is 0 Å². The van der Waals surface area contributed by atoms with E-state index in [2.05, 4.69) is 11.3 Å². The summed E-state index contributed by atoms with van der Waals surface area (Å²) < 4.78 is 9.49. The van der Waals surface area contributed by atoms with Crippen molar-refractivity contribution in [3.63, 3.8) is 0 Å². The molecule has 0 saturated heterocycles. The second-order valence-corrected chi connectivity index (χ2v) is 2.74. The van der Waals surface area contributed by atoms with Gasteiger partial charge in [0.25, 0.3) is 0 Å². The summed E-state index contributed by atoms with van der Waals surface area (Å²) >= 11 is 0. The fourth-order valence-electron chi connectivity index (χ4n) is 0.743. The predicted molar refractivity (Wildman–Crippen MR) is 56.2 cm³/mol. The van der Waals surface area contributed by atoms with E-state index in [1.807, 2.05) is 6.92 Å². The number of ether oxygens (including phenoxy) is 2. The van der Waals surface area contributed by atoms with E-state index in [1.165, 1.54) is 0 Å². The van der Waals surface area contributed by atoms with Gasteiger partial charge in [0.2, 0.25) is 0 Å². The quantitative estimate of drug-likeness (QED) is 0.365. The van der Waals surface area contributed by atoms with E-state index in [4.69, 9.17) is 4.74 Å². The largest absolute Gasteiger partial charge is 0.461 e. The molecule has 0 fully saturated rings. The lowest BCUT2D eigenvalue weighted by Crippen LogP contribution is -2.04. The molecule has 0 radical (unpaired) electrons. The highest BCUT2D eigenvalue weighted by Crippen LogP contribution is 1.91. The third-order valence-electron chi connectivity index (χ3n) is 1.45. The molecule has 0 spiro atoms. The molecule has 0 unspecified atom stereocenters. The topological polar surface area (TPSA) is 52.6 Å². The lowest BCUT2D eigenvalue weighted by molar-refractivity contribution is -0.142. The Morgan fingerprint density at radius 2 is 1.80 bits per heavy atom. The highest BCUT2D eigenvalue weighted by atomic mass is 16.5. The zero-order valence-electron chi connectivity index (χ0n) is 8.90. The SMILES string of the molecule is C=CC(=O)OC/C=C\COC(=O)CCC. The molecule has 0 aliphatic carbocycles. The highest BCUT2D eigenvalue weighted by molar-refractivity contribution is 5.81. The van der Waals surface area contributed by atoms with Gasteiger partial charge in [0.05, 0.1) is 0 Å². The zero-order chi connectivity index (χ0) is 11.5. The number of rotatable bonds is 7. The maximum absolute atomic E-state index is 10.9. The van der Waals surface area contributed by atoms with Gasteiger partial charge in [-0.3, -0.25) is 4.79 Å². The molecule has 15 heavy (non-hydrogen) atoms. The molecule has 0 aliphatic rings. The fraction of sp³-hybridized carbons (Fsp3) is 0.455.